The average molecular weight is 143 g/mol. The van der Waals surface area contributed by atoms with Crippen LogP contribution in [0.5, 0.6) is 0 Å². The van der Waals surface area contributed by atoms with Crippen molar-refractivity contribution in [3.05, 3.63) is 0 Å². The van der Waals surface area contributed by atoms with E-state index in [1.54, 1.807) is 0 Å². The molecule has 0 bridgehead atoms. The number of hydrogen-bond donors (Lipinski definition) is 0. The van der Waals surface area contributed by atoms with E-state index in [0.717, 1.165) is 0 Å². The van der Waals surface area contributed by atoms with Crippen molar-refractivity contribution < 1.29 is 47.1 Å². The van der Waals surface area contributed by atoms with Gasteiger partial charge in [0.25, 0.3) is 0 Å². The van der Waals surface area contributed by atoms with Gasteiger partial charge in [0.1, 0.15) is 0 Å². The summed E-state index contributed by atoms with van der Waals surface area (Å²) in [5.41, 5.74) is 0. The van der Waals surface area contributed by atoms with E-state index in [4.69, 9.17) is 17.5 Å². The fourth-order valence-corrected chi connectivity index (χ4v) is 0. The Bertz CT molecular complexity index is 94.9. The SMILES string of the molecule is O=S(=O)([O-])[O-].[Mg+2].[Na+]. The maximum atomic E-state index is 8.52. The zero-order valence-electron chi connectivity index (χ0n) is 3.75. The molecular weight excluding hydrogens is 143 g/mol. The van der Waals surface area contributed by atoms with Gasteiger partial charge in [0, 0.05) is 10.4 Å². The van der Waals surface area contributed by atoms with Crippen molar-refractivity contribution in [2.75, 3.05) is 0 Å². The summed E-state index contributed by atoms with van der Waals surface area (Å²) < 4.78 is 34.1. The Kier molecular flexibility index (Phi) is 13.1. The zero-order chi connectivity index (χ0) is 4.50. The molecule has 0 saturated heterocycles. The van der Waals surface area contributed by atoms with Crippen molar-refractivity contribution in [1.29, 1.82) is 0 Å². The first-order valence-corrected chi connectivity index (χ1v) is 2.00. The summed E-state index contributed by atoms with van der Waals surface area (Å²) in [4.78, 5) is 0. The van der Waals surface area contributed by atoms with Gasteiger partial charge in [-0.25, -0.2) is 0 Å². The molecule has 7 heteroatoms. The predicted molar refractivity (Wildman–Crippen MR) is 16.2 cm³/mol. The van der Waals surface area contributed by atoms with Crippen molar-refractivity contribution in [3.63, 3.8) is 0 Å². The van der Waals surface area contributed by atoms with Gasteiger partial charge in [0.2, 0.25) is 0 Å². The number of hydrogen-bond acceptors (Lipinski definition) is 4. The molecule has 0 rings (SSSR count). The van der Waals surface area contributed by atoms with Crippen LogP contribution in [-0.4, -0.2) is 40.6 Å². The van der Waals surface area contributed by atoms with Gasteiger partial charge in [-0.2, -0.15) is 0 Å². The van der Waals surface area contributed by atoms with Crippen LogP contribution >= 0.6 is 0 Å². The van der Waals surface area contributed by atoms with E-state index in [1.807, 2.05) is 0 Å². The van der Waals surface area contributed by atoms with Crippen LogP contribution < -0.4 is 29.6 Å². The Morgan fingerprint density at radius 3 is 1.14 bits per heavy atom. The Morgan fingerprint density at radius 1 is 1.14 bits per heavy atom. The molecular formula is MgNaO4S+. The molecule has 0 aromatic rings. The third-order valence-corrected chi connectivity index (χ3v) is 0. The molecule has 0 amide bonds. The fourth-order valence-electron chi connectivity index (χ4n) is 0. The minimum atomic E-state index is -5.17. The van der Waals surface area contributed by atoms with Crippen molar-refractivity contribution in [2.24, 2.45) is 0 Å². The van der Waals surface area contributed by atoms with E-state index in [2.05, 4.69) is 0 Å². The molecule has 0 unspecified atom stereocenters. The van der Waals surface area contributed by atoms with Gasteiger partial charge >= 0.3 is 52.6 Å². The topological polar surface area (TPSA) is 80.3 Å². The van der Waals surface area contributed by atoms with Gasteiger partial charge in [-0.3, -0.25) is 8.42 Å². The van der Waals surface area contributed by atoms with Gasteiger partial charge in [-0.05, 0) is 0 Å². The normalized spacial score (nSPS) is 8.29. The standard InChI is InChI=1S/Mg.Na.H2O4S/c;;1-5(2,3)4/h;;(H2,1,2,3,4)/q+2;+1;/p-2. The first kappa shape index (κ1) is 15.9. The van der Waals surface area contributed by atoms with Crippen molar-refractivity contribution >= 4 is 33.5 Å². The third-order valence-electron chi connectivity index (χ3n) is 0. The summed E-state index contributed by atoms with van der Waals surface area (Å²) in [6, 6.07) is 0. The fraction of sp³-hybridized carbons (Fsp3) is 0. The van der Waals surface area contributed by atoms with Gasteiger partial charge in [-0.1, -0.05) is 0 Å². The summed E-state index contributed by atoms with van der Waals surface area (Å²) in [6.07, 6.45) is 0. The molecule has 0 fully saturated rings. The van der Waals surface area contributed by atoms with Gasteiger partial charge in [-0.15, -0.1) is 0 Å². The van der Waals surface area contributed by atoms with Crippen LogP contribution in [0.1, 0.15) is 0 Å². The number of rotatable bonds is 0. The largest absolute Gasteiger partial charge is 2.00 e. The third kappa shape index (κ3) is 90.6. The Labute approximate surface area is 79.7 Å². The molecule has 0 atom stereocenters. The molecule has 0 aromatic carbocycles. The molecule has 0 radical (unpaired) electrons. The van der Waals surface area contributed by atoms with Crippen molar-refractivity contribution in [1.82, 2.24) is 0 Å². The Balaban J connectivity index is -0.0000000800. The molecule has 0 spiro atoms. The summed E-state index contributed by atoms with van der Waals surface area (Å²) in [5, 5.41) is 0. The van der Waals surface area contributed by atoms with E-state index in [1.165, 1.54) is 0 Å². The van der Waals surface area contributed by atoms with E-state index in [9.17, 15) is 0 Å². The molecule has 7 heavy (non-hydrogen) atoms. The van der Waals surface area contributed by atoms with Crippen LogP contribution in [0.4, 0.5) is 0 Å². The van der Waals surface area contributed by atoms with E-state index in [0.29, 0.717) is 0 Å². The van der Waals surface area contributed by atoms with E-state index in [-0.39, 0.29) is 52.6 Å². The molecule has 0 heterocycles. The van der Waals surface area contributed by atoms with Crippen molar-refractivity contribution in [2.45, 2.75) is 0 Å². The minimum absolute atomic E-state index is 0. The molecule has 0 N–H and O–H groups in total. The van der Waals surface area contributed by atoms with Crippen LogP contribution in [-0.2, 0) is 10.4 Å². The first-order chi connectivity index (χ1) is 2.00. The van der Waals surface area contributed by atoms with Gasteiger partial charge in [0.05, 0.1) is 0 Å². The summed E-state index contributed by atoms with van der Waals surface area (Å²) in [6.45, 7) is 0. The monoisotopic (exact) mass is 143 g/mol. The minimum Gasteiger partial charge on any atom is -0.759 e. The predicted octanol–water partition coefficient (Wildman–Crippen LogP) is -4.71. The molecule has 0 aliphatic rings. The second kappa shape index (κ2) is 5.77. The molecule has 32 valence electrons. The average Bonchev–Trinajstić information content (AvgIpc) is 0.722. The summed E-state index contributed by atoms with van der Waals surface area (Å²) >= 11 is 0. The smallest absolute Gasteiger partial charge is 0.759 e. The quantitative estimate of drug-likeness (QED) is 0.194. The van der Waals surface area contributed by atoms with Gasteiger partial charge < -0.3 is 9.11 Å². The molecule has 0 aliphatic carbocycles. The maximum absolute atomic E-state index is 8.52. The van der Waals surface area contributed by atoms with Crippen LogP contribution in [0.2, 0.25) is 0 Å². The second-order valence-corrected chi connectivity index (χ2v) is 1.22. The zero-order valence-corrected chi connectivity index (χ0v) is 7.98. The Morgan fingerprint density at radius 2 is 1.14 bits per heavy atom. The van der Waals surface area contributed by atoms with Crippen LogP contribution in [0.3, 0.4) is 0 Å². The Hall–Kier alpha value is 1.64. The maximum Gasteiger partial charge on any atom is 2.00 e. The second-order valence-electron chi connectivity index (χ2n) is 0.408. The van der Waals surface area contributed by atoms with Crippen molar-refractivity contribution in [3.8, 4) is 0 Å². The summed E-state index contributed by atoms with van der Waals surface area (Å²) in [7, 11) is -5.17. The molecule has 0 saturated carbocycles. The van der Waals surface area contributed by atoms with Crippen LogP contribution in [0.25, 0.3) is 0 Å². The summed E-state index contributed by atoms with van der Waals surface area (Å²) in [5.74, 6) is 0. The molecule has 0 aliphatic heterocycles. The molecule has 4 nitrogen and oxygen atoms in total. The van der Waals surface area contributed by atoms with Crippen LogP contribution in [0, 0.1) is 0 Å². The van der Waals surface area contributed by atoms with Crippen LogP contribution in [0.15, 0.2) is 0 Å². The van der Waals surface area contributed by atoms with E-state index < -0.39 is 10.4 Å². The first-order valence-electron chi connectivity index (χ1n) is 0.667. The molecule has 0 aromatic heterocycles. The van der Waals surface area contributed by atoms with Gasteiger partial charge in [0.15, 0.2) is 0 Å². The van der Waals surface area contributed by atoms with E-state index >= 15 is 0 Å².